The lowest BCUT2D eigenvalue weighted by Gasteiger charge is -2.23. The third-order valence-corrected chi connectivity index (χ3v) is 6.15. The van der Waals surface area contributed by atoms with Crippen LogP contribution in [0.2, 0.25) is 0 Å². The fraction of sp³-hybridized carbons (Fsp3) is 0.655. The van der Waals surface area contributed by atoms with Crippen LogP contribution in [0.1, 0.15) is 135 Å². The summed E-state index contributed by atoms with van der Waals surface area (Å²) in [4.78, 5) is 2.42. The van der Waals surface area contributed by atoms with E-state index in [0.29, 0.717) is 17.6 Å². The minimum atomic E-state index is 0.309. The number of hydrogen-bond donors (Lipinski definition) is 1. The number of phenolic OH excluding ortho intramolecular Hbond substituents is 1. The Kier molecular flexibility index (Phi) is 12.7. The largest absolute Gasteiger partial charge is 0.507 e. The summed E-state index contributed by atoms with van der Waals surface area (Å²) in [5, 5.41) is 10.8. The topological polar surface area (TPSA) is 23.5 Å². The lowest BCUT2D eigenvalue weighted by atomic mass is 9.91. The van der Waals surface area contributed by atoms with Crippen LogP contribution in [0.15, 0.2) is 35.7 Å². The van der Waals surface area contributed by atoms with Crippen molar-refractivity contribution in [3.8, 4) is 5.75 Å². The van der Waals surface area contributed by atoms with Gasteiger partial charge in [-0.05, 0) is 67.1 Å². The molecule has 0 aliphatic carbocycles. The summed E-state index contributed by atoms with van der Waals surface area (Å²) in [7, 11) is 0. The van der Waals surface area contributed by atoms with Crippen LogP contribution < -0.4 is 0 Å². The van der Waals surface area contributed by atoms with E-state index in [-0.39, 0.29) is 0 Å². The van der Waals surface area contributed by atoms with E-state index in [4.69, 9.17) is 0 Å². The zero-order valence-electron chi connectivity index (χ0n) is 21.7. The molecular formula is C29H49NO. The molecule has 0 aromatic heterocycles. The summed E-state index contributed by atoms with van der Waals surface area (Å²) in [6, 6.07) is 4.44. The van der Waals surface area contributed by atoms with Crippen LogP contribution in [0.4, 0.5) is 0 Å². The van der Waals surface area contributed by atoms with Crippen molar-refractivity contribution in [2.75, 3.05) is 0 Å². The summed E-state index contributed by atoms with van der Waals surface area (Å²) in [5.74, 6) is 1.10. The maximum Gasteiger partial charge on any atom is 0.122 e. The van der Waals surface area contributed by atoms with Gasteiger partial charge in [-0.2, -0.15) is 0 Å². The highest BCUT2D eigenvalue weighted by Crippen LogP contribution is 2.35. The van der Waals surface area contributed by atoms with Gasteiger partial charge in [0.15, 0.2) is 0 Å². The van der Waals surface area contributed by atoms with Crippen LogP contribution in [0.5, 0.6) is 5.75 Å². The second-order valence-corrected chi connectivity index (χ2v) is 9.59. The van der Waals surface area contributed by atoms with Crippen molar-refractivity contribution in [3.05, 3.63) is 52.4 Å². The molecule has 0 spiro atoms. The Labute approximate surface area is 193 Å². The SMILES string of the molecule is CCCCC(=CN(C=C(CC)CCCC)Cc1cc(C(C)C)c(O)c(C(C)C)c1)CC. The van der Waals surface area contributed by atoms with Crippen LogP contribution in [0.25, 0.3) is 0 Å². The van der Waals surface area contributed by atoms with E-state index >= 15 is 0 Å². The number of rotatable bonds is 14. The van der Waals surface area contributed by atoms with E-state index in [1.165, 1.54) is 55.2 Å². The fourth-order valence-electron chi connectivity index (χ4n) is 4.00. The Morgan fingerprint density at radius 2 is 1.23 bits per heavy atom. The second kappa shape index (κ2) is 14.4. The molecule has 1 rings (SSSR count). The number of hydrogen-bond acceptors (Lipinski definition) is 2. The number of phenols is 1. The molecule has 176 valence electrons. The van der Waals surface area contributed by atoms with E-state index in [2.05, 4.69) is 84.8 Å². The third kappa shape index (κ3) is 9.13. The highest BCUT2D eigenvalue weighted by molar-refractivity contribution is 5.47. The van der Waals surface area contributed by atoms with Crippen molar-refractivity contribution in [1.82, 2.24) is 4.90 Å². The minimum Gasteiger partial charge on any atom is -0.507 e. The number of benzene rings is 1. The highest BCUT2D eigenvalue weighted by Gasteiger charge is 2.16. The number of unbranched alkanes of at least 4 members (excludes halogenated alkanes) is 2. The summed E-state index contributed by atoms with van der Waals surface area (Å²) in [5.41, 5.74) is 6.47. The molecule has 0 unspecified atom stereocenters. The molecule has 2 heteroatoms. The molecule has 0 fully saturated rings. The Morgan fingerprint density at radius 3 is 1.55 bits per heavy atom. The van der Waals surface area contributed by atoms with E-state index in [1.54, 1.807) is 0 Å². The summed E-state index contributed by atoms with van der Waals surface area (Å²) < 4.78 is 0. The minimum absolute atomic E-state index is 0.309. The molecular weight excluding hydrogens is 378 g/mol. The summed E-state index contributed by atoms with van der Waals surface area (Å²) in [6.07, 6.45) is 14.3. The van der Waals surface area contributed by atoms with Gasteiger partial charge in [-0.15, -0.1) is 0 Å². The lowest BCUT2D eigenvalue weighted by molar-refractivity contribution is 0.450. The van der Waals surface area contributed by atoms with E-state index in [1.807, 2.05) is 0 Å². The molecule has 0 amide bonds. The van der Waals surface area contributed by atoms with Gasteiger partial charge in [0.05, 0.1) is 0 Å². The van der Waals surface area contributed by atoms with Crippen molar-refractivity contribution in [2.45, 2.75) is 125 Å². The molecule has 31 heavy (non-hydrogen) atoms. The van der Waals surface area contributed by atoms with Gasteiger partial charge in [0, 0.05) is 18.9 Å². The molecule has 0 saturated carbocycles. The van der Waals surface area contributed by atoms with Gasteiger partial charge >= 0.3 is 0 Å². The van der Waals surface area contributed by atoms with Gasteiger partial charge in [-0.1, -0.05) is 91.5 Å². The van der Waals surface area contributed by atoms with Gasteiger partial charge in [0.2, 0.25) is 0 Å². The Hall–Kier alpha value is -1.70. The summed E-state index contributed by atoms with van der Waals surface area (Å²) in [6.45, 7) is 18.6. The van der Waals surface area contributed by atoms with Crippen molar-refractivity contribution >= 4 is 0 Å². The second-order valence-electron chi connectivity index (χ2n) is 9.59. The fourth-order valence-corrected chi connectivity index (χ4v) is 4.00. The van der Waals surface area contributed by atoms with Crippen LogP contribution in [-0.2, 0) is 6.54 Å². The molecule has 0 heterocycles. The average Bonchev–Trinajstić information content (AvgIpc) is 2.74. The van der Waals surface area contributed by atoms with E-state index < -0.39 is 0 Å². The first-order chi connectivity index (χ1) is 14.8. The number of nitrogens with zero attached hydrogens (tertiary/aromatic N) is 1. The van der Waals surface area contributed by atoms with Crippen LogP contribution in [-0.4, -0.2) is 10.0 Å². The Bertz CT molecular complexity index is 656. The first-order valence-electron chi connectivity index (χ1n) is 12.8. The molecule has 0 aliphatic rings. The molecule has 0 atom stereocenters. The first-order valence-corrected chi connectivity index (χ1v) is 12.8. The van der Waals surface area contributed by atoms with Crippen LogP contribution >= 0.6 is 0 Å². The maximum absolute atomic E-state index is 10.8. The average molecular weight is 428 g/mol. The van der Waals surface area contributed by atoms with E-state index in [0.717, 1.165) is 30.5 Å². The molecule has 0 radical (unpaired) electrons. The third-order valence-electron chi connectivity index (χ3n) is 6.15. The molecule has 1 N–H and O–H groups in total. The number of allylic oxidation sites excluding steroid dienone is 2. The van der Waals surface area contributed by atoms with Crippen LogP contribution in [0.3, 0.4) is 0 Å². The summed E-state index contributed by atoms with van der Waals surface area (Å²) >= 11 is 0. The predicted octanol–water partition coefficient (Wildman–Crippen LogP) is 9.41. The molecule has 1 aromatic rings. The molecule has 0 aliphatic heterocycles. The smallest absolute Gasteiger partial charge is 0.122 e. The zero-order chi connectivity index (χ0) is 23.4. The predicted molar refractivity (Wildman–Crippen MR) is 138 cm³/mol. The van der Waals surface area contributed by atoms with Crippen molar-refractivity contribution in [3.63, 3.8) is 0 Å². The Morgan fingerprint density at radius 1 is 0.806 bits per heavy atom. The van der Waals surface area contributed by atoms with Gasteiger partial charge in [0.1, 0.15) is 5.75 Å². The van der Waals surface area contributed by atoms with Crippen molar-refractivity contribution in [2.24, 2.45) is 0 Å². The number of aromatic hydroxyl groups is 1. The zero-order valence-corrected chi connectivity index (χ0v) is 21.7. The van der Waals surface area contributed by atoms with Gasteiger partial charge < -0.3 is 10.0 Å². The van der Waals surface area contributed by atoms with Crippen molar-refractivity contribution in [1.29, 1.82) is 0 Å². The maximum atomic E-state index is 10.8. The van der Waals surface area contributed by atoms with E-state index in [9.17, 15) is 5.11 Å². The standard InChI is InChI=1S/C29H49NO/c1-9-13-15-24(11-3)19-30(20-25(12-4)16-14-10-2)21-26-17-27(22(5)6)29(31)28(18-26)23(7)8/h17-20,22-23,31H,9-16,21H2,1-8H3. The molecule has 0 bridgehead atoms. The van der Waals surface area contributed by atoms with Gasteiger partial charge in [-0.3, -0.25) is 0 Å². The highest BCUT2D eigenvalue weighted by atomic mass is 16.3. The first kappa shape index (κ1) is 27.3. The van der Waals surface area contributed by atoms with Crippen molar-refractivity contribution < 1.29 is 5.11 Å². The molecule has 0 saturated heterocycles. The lowest BCUT2D eigenvalue weighted by Crippen LogP contribution is -2.13. The van der Waals surface area contributed by atoms with Crippen LogP contribution in [0, 0.1) is 0 Å². The quantitative estimate of drug-likeness (QED) is 0.319. The molecule has 1 aromatic carbocycles. The Balaban J connectivity index is 3.39. The van der Waals surface area contributed by atoms with Gasteiger partial charge in [0.25, 0.3) is 0 Å². The van der Waals surface area contributed by atoms with Gasteiger partial charge in [-0.25, -0.2) is 0 Å². The normalized spacial score (nSPS) is 12.8. The molecule has 2 nitrogen and oxygen atoms in total. The monoisotopic (exact) mass is 427 g/mol.